The Morgan fingerprint density at radius 2 is 1.58 bits per heavy atom. The second kappa shape index (κ2) is 7.46. The molecule has 0 aromatic heterocycles. The normalized spacial score (nSPS) is 26.8. The van der Waals surface area contributed by atoms with Crippen LogP contribution in [0, 0.1) is 0 Å². The smallest absolute Gasteiger partial charge is 0.392 e. The van der Waals surface area contributed by atoms with Crippen molar-refractivity contribution in [1.82, 2.24) is 8.61 Å². The molecule has 0 saturated carbocycles. The van der Waals surface area contributed by atoms with Gasteiger partial charge in [0.1, 0.15) is 0 Å². The molecule has 5 nitrogen and oxygen atoms in total. The minimum atomic E-state index is -4.44. The Hall–Kier alpha value is -1.16. The third-order valence-electron chi connectivity index (χ3n) is 5.04. The number of aliphatic hydroxyl groups excluding tert-OH is 1. The van der Waals surface area contributed by atoms with Crippen molar-refractivity contribution in [3.63, 3.8) is 0 Å². The Morgan fingerprint density at radius 3 is 2.12 bits per heavy atom. The molecule has 1 N–H and O–H groups in total. The lowest BCUT2D eigenvalue weighted by Gasteiger charge is -2.30. The van der Waals surface area contributed by atoms with Gasteiger partial charge in [-0.15, -0.1) is 0 Å². The molecule has 0 spiro atoms. The molecule has 9 heteroatoms. The van der Waals surface area contributed by atoms with Crippen molar-refractivity contribution < 1.29 is 26.7 Å². The molecule has 2 atom stereocenters. The number of hydrogen-bond acceptors (Lipinski definition) is 3. The van der Waals surface area contributed by atoms with Gasteiger partial charge in [-0.05, 0) is 37.0 Å². The first kappa shape index (κ1) is 19.6. The number of aliphatic hydroxyl groups is 1. The summed E-state index contributed by atoms with van der Waals surface area (Å²) in [6.45, 7) is 0.841. The zero-order chi connectivity index (χ0) is 18.9. The third-order valence-corrected chi connectivity index (χ3v) is 7.06. The van der Waals surface area contributed by atoms with E-state index in [0.29, 0.717) is 18.7 Å². The van der Waals surface area contributed by atoms with Crippen molar-refractivity contribution in [2.24, 2.45) is 0 Å². The summed E-state index contributed by atoms with van der Waals surface area (Å²) in [5.74, 6) is 0. The van der Waals surface area contributed by atoms with Crippen LogP contribution in [0.3, 0.4) is 0 Å². The van der Waals surface area contributed by atoms with Crippen molar-refractivity contribution in [3.8, 4) is 0 Å². The van der Waals surface area contributed by atoms with E-state index in [0.717, 1.165) is 37.8 Å². The van der Waals surface area contributed by atoms with Crippen molar-refractivity contribution >= 4 is 10.2 Å². The highest BCUT2D eigenvalue weighted by atomic mass is 32.2. The maximum atomic E-state index is 13.1. The topological polar surface area (TPSA) is 60.9 Å². The minimum absolute atomic E-state index is 0.0372. The maximum Gasteiger partial charge on any atom is 0.416 e. The number of hydrogen-bond donors (Lipinski definition) is 1. The largest absolute Gasteiger partial charge is 0.416 e. The molecule has 0 aliphatic carbocycles. The van der Waals surface area contributed by atoms with Crippen molar-refractivity contribution in [1.29, 1.82) is 0 Å². The van der Waals surface area contributed by atoms with Crippen molar-refractivity contribution in [3.05, 3.63) is 35.4 Å². The Balaban J connectivity index is 1.86. The van der Waals surface area contributed by atoms with Crippen LogP contribution in [0.25, 0.3) is 0 Å². The monoisotopic (exact) mass is 392 g/mol. The van der Waals surface area contributed by atoms with Crippen LogP contribution in [-0.4, -0.2) is 47.9 Å². The number of alkyl halides is 3. The van der Waals surface area contributed by atoms with Crippen LogP contribution < -0.4 is 0 Å². The maximum absolute atomic E-state index is 13.1. The predicted octanol–water partition coefficient (Wildman–Crippen LogP) is 2.93. The van der Waals surface area contributed by atoms with Gasteiger partial charge < -0.3 is 5.11 Å². The van der Waals surface area contributed by atoms with Crippen LogP contribution in [0.4, 0.5) is 13.2 Å². The molecule has 0 amide bonds. The molecule has 2 aliphatic rings. The van der Waals surface area contributed by atoms with E-state index < -0.39 is 34.1 Å². The van der Waals surface area contributed by atoms with Crippen LogP contribution in [0.1, 0.15) is 49.3 Å². The fraction of sp³-hybridized carbons (Fsp3) is 0.647. The number of β-amino-alcohol motifs (C(OH)–C–C–N with tert-alkyl or cyclic N) is 1. The molecule has 2 heterocycles. The van der Waals surface area contributed by atoms with Gasteiger partial charge in [0.15, 0.2) is 0 Å². The highest BCUT2D eigenvalue weighted by molar-refractivity contribution is 7.86. The van der Waals surface area contributed by atoms with E-state index in [4.69, 9.17) is 0 Å². The first-order chi connectivity index (χ1) is 12.2. The van der Waals surface area contributed by atoms with Crippen LogP contribution >= 0.6 is 0 Å². The average Bonchev–Trinajstić information content (AvgIpc) is 2.80. The fourth-order valence-corrected chi connectivity index (χ4v) is 5.56. The molecular weight excluding hydrogens is 369 g/mol. The van der Waals surface area contributed by atoms with E-state index in [2.05, 4.69) is 0 Å². The minimum Gasteiger partial charge on any atom is -0.392 e. The van der Waals surface area contributed by atoms with Gasteiger partial charge >= 0.3 is 6.18 Å². The van der Waals surface area contributed by atoms with E-state index >= 15 is 0 Å². The zero-order valence-electron chi connectivity index (χ0n) is 14.3. The van der Waals surface area contributed by atoms with Gasteiger partial charge in [0.2, 0.25) is 0 Å². The summed E-state index contributed by atoms with van der Waals surface area (Å²) in [6, 6.07) is 3.86. The molecule has 0 radical (unpaired) electrons. The van der Waals surface area contributed by atoms with E-state index in [1.54, 1.807) is 0 Å². The van der Waals surface area contributed by atoms with Gasteiger partial charge in [-0.25, -0.2) is 0 Å². The van der Waals surface area contributed by atoms with Gasteiger partial charge in [-0.1, -0.05) is 25.0 Å². The Morgan fingerprint density at radius 1 is 1.00 bits per heavy atom. The molecule has 26 heavy (non-hydrogen) atoms. The van der Waals surface area contributed by atoms with Gasteiger partial charge in [0.25, 0.3) is 10.2 Å². The molecule has 0 bridgehead atoms. The summed E-state index contributed by atoms with van der Waals surface area (Å²) in [5.41, 5.74) is -0.310. The lowest BCUT2D eigenvalue weighted by Crippen LogP contribution is -2.44. The van der Waals surface area contributed by atoms with E-state index in [1.807, 2.05) is 0 Å². The van der Waals surface area contributed by atoms with Crippen LogP contribution in [-0.2, 0) is 16.4 Å². The summed E-state index contributed by atoms with van der Waals surface area (Å²) >= 11 is 0. The van der Waals surface area contributed by atoms with Gasteiger partial charge in [0.05, 0.1) is 17.7 Å². The highest BCUT2D eigenvalue weighted by Crippen LogP contribution is 2.37. The first-order valence-electron chi connectivity index (χ1n) is 8.82. The second-order valence-corrected chi connectivity index (χ2v) is 8.80. The Bertz CT molecular complexity index is 714. The zero-order valence-corrected chi connectivity index (χ0v) is 15.1. The van der Waals surface area contributed by atoms with E-state index in [-0.39, 0.29) is 13.0 Å². The summed E-state index contributed by atoms with van der Waals surface area (Å²) in [7, 11) is -3.77. The number of benzene rings is 1. The molecule has 146 valence electrons. The van der Waals surface area contributed by atoms with Crippen LogP contribution in [0.5, 0.6) is 0 Å². The molecular formula is C17H23F3N2O3S. The highest BCUT2D eigenvalue weighted by Gasteiger charge is 2.42. The van der Waals surface area contributed by atoms with Gasteiger partial charge in [-0.2, -0.15) is 30.2 Å². The SMILES string of the molecule is O=S(=O)(N1CCCCCC1)N1CC(O)CC1c1ccc(C(F)(F)F)cc1. The standard InChI is InChI=1S/C17H23F3N2O3S/c18-17(19,20)14-7-5-13(6-8-14)16-11-15(23)12-22(16)26(24,25)21-9-3-1-2-4-10-21/h5-8,15-16,23H,1-4,9-12H2. The molecule has 2 fully saturated rings. The Kier molecular flexibility index (Phi) is 5.62. The number of halogens is 3. The lowest BCUT2D eigenvalue weighted by atomic mass is 10.0. The third kappa shape index (κ3) is 4.05. The van der Waals surface area contributed by atoms with E-state index in [9.17, 15) is 26.7 Å². The first-order valence-corrected chi connectivity index (χ1v) is 10.2. The summed E-state index contributed by atoms with van der Waals surface area (Å²) in [5, 5.41) is 10.0. The van der Waals surface area contributed by atoms with Gasteiger partial charge in [0, 0.05) is 19.6 Å². The number of rotatable bonds is 3. The van der Waals surface area contributed by atoms with E-state index in [1.165, 1.54) is 20.7 Å². The summed E-state index contributed by atoms with van der Waals surface area (Å²) < 4.78 is 67.1. The lowest BCUT2D eigenvalue weighted by molar-refractivity contribution is -0.137. The Labute approximate surface area is 151 Å². The average molecular weight is 392 g/mol. The van der Waals surface area contributed by atoms with Crippen LogP contribution in [0.15, 0.2) is 24.3 Å². The molecule has 2 aliphatic heterocycles. The van der Waals surface area contributed by atoms with Gasteiger partial charge in [-0.3, -0.25) is 0 Å². The van der Waals surface area contributed by atoms with Crippen molar-refractivity contribution in [2.75, 3.05) is 19.6 Å². The quantitative estimate of drug-likeness (QED) is 0.861. The fourth-order valence-electron chi connectivity index (χ4n) is 3.66. The summed E-state index contributed by atoms with van der Waals surface area (Å²) in [4.78, 5) is 0. The van der Waals surface area contributed by atoms with Crippen molar-refractivity contribution in [2.45, 2.75) is 50.4 Å². The molecule has 2 saturated heterocycles. The summed E-state index contributed by atoms with van der Waals surface area (Å²) in [6.07, 6.45) is -1.54. The molecule has 3 rings (SSSR count). The second-order valence-electron chi connectivity index (χ2n) is 6.92. The predicted molar refractivity (Wildman–Crippen MR) is 90.5 cm³/mol. The molecule has 1 aromatic rings. The van der Waals surface area contributed by atoms with Crippen LogP contribution in [0.2, 0.25) is 0 Å². The molecule has 2 unspecified atom stereocenters. The molecule has 1 aromatic carbocycles. The number of nitrogens with zero attached hydrogens (tertiary/aromatic N) is 2.